The van der Waals surface area contributed by atoms with Crippen molar-refractivity contribution in [2.24, 2.45) is 5.73 Å². The first-order valence-electron chi connectivity index (χ1n) is 7.61. The first-order valence-corrected chi connectivity index (χ1v) is 7.61. The van der Waals surface area contributed by atoms with Crippen LogP contribution in [0.5, 0.6) is 0 Å². The first kappa shape index (κ1) is 16.0. The second-order valence-corrected chi connectivity index (χ2v) is 6.73. The van der Waals surface area contributed by atoms with Crippen molar-refractivity contribution in [3.63, 3.8) is 0 Å². The van der Waals surface area contributed by atoms with Crippen molar-refractivity contribution in [3.8, 4) is 0 Å². The quantitative estimate of drug-likeness (QED) is 0.883. The predicted octanol–water partition coefficient (Wildman–Crippen LogP) is 1.72. The maximum atomic E-state index is 12.1. The van der Waals surface area contributed by atoms with Gasteiger partial charge in [0.15, 0.2) is 0 Å². The molecule has 1 saturated heterocycles. The summed E-state index contributed by atoms with van der Waals surface area (Å²) in [5.41, 5.74) is 6.51. The Kier molecular flexibility index (Phi) is 5.00. The van der Waals surface area contributed by atoms with Gasteiger partial charge in [-0.15, -0.1) is 0 Å². The second-order valence-electron chi connectivity index (χ2n) is 6.73. The first-order chi connectivity index (χ1) is 9.90. The van der Waals surface area contributed by atoms with Crippen LogP contribution >= 0.6 is 0 Å². The van der Waals surface area contributed by atoms with Crippen molar-refractivity contribution >= 4 is 11.8 Å². The Morgan fingerprint density at radius 1 is 1.52 bits per heavy atom. The summed E-state index contributed by atoms with van der Waals surface area (Å²) < 4.78 is 5.18. The third-order valence-corrected chi connectivity index (χ3v) is 3.91. The molecular weight excluding hydrogens is 268 g/mol. The number of likely N-dealkylation sites (tertiary alicyclic amines) is 1. The highest BCUT2D eigenvalue weighted by atomic mass is 16.5. The van der Waals surface area contributed by atoms with Crippen molar-refractivity contribution in [2.75, 3.05) is 25.0 Å². The van der Waals surface area contributed by atoms with Gasteiger partial charge in [-0.05, 0) is 19.4 Å². The minimum Gasteiger partial charge on any atom is -0.338 e. The molecular formula is C15H26N4O2. The Labute approximate surface area is 126 Å². The molecule has 0 aromatic carbocycles. The number of hydrogen-bond donors (Lipinski definition) is 2. The van der Waals surface area contributed by atoms with Crippen LogP contribution < -0.4 is 11.1 Å². The van der Waals surface area contributed by atoms with Crippen molar-refractivity contribution in [2.45, 2.75) is 51.5 Å². The molecule has 1 aromatic rings. The molecule has 1 aliphatic heterocycles. The Balaban J connectivity index is 1.91. The van der Waals surface area contributed by atoms with Crippen molar-refractivity contribution in [1.82, 2.24) is 10.1 Å². The van der Waals surface area contributed by atoms with E-state index < -0.39 is 0 Å². The fourth-order valence-corrected chi connectivity index (χ4v) is 2.58. The lowest BCUT2D eigenvalue weighted by atomic mass is 9.92. The molecule has 1 atom stereocenters. The van der Waals surface area contributed by atoms with Crippen LogP contribution in [0.25, 0.3) is 0 Å². The number of nitrogens with zero attached hydrogens (tertiary/aromatic N) is 2. The molecule has 1 fully saturated rings. The molecule has 0 radical (unpaired) electrons. The highest BCUT2D eigenvalue weighted by Gasteiger charge is 2.24. The number of carbonyl (C=O) groups excluding carboxylic acids is 1. The van der Waals surface area contributed by atoms with Crippen molar-refractivity contribution in [1.29, 1.82) is 0 Å². The van der Waals surface area contributed by atoms with Gasteiger partial charge in [0.05, 0.1) is 12.2 Å². The van der Waals surface area contributed by atoms with Gasteiger partial charge in [-0.1, -0.05) is 32.3 Å². The van der Waals surface area contributed by atoms with Gasteiger partial charge in [0, 0.05) is 24.1 Å². The Morgan fingerprint density at radius 3 is 2.90 bits per heavy atom. The lowest BCUT2D eigenvalue weighted by molar-refractivity contribution is -0.118. The summed E-state index contributed by atoms with van der Waals surface area (Å²) in [5, 5.41) is 6.77. The summed E-state index contributed by atoms with van der Waals surface area (Å²) in [5.74, 6) is 0.332. The van der Waals surface area contributed by atoms with Gasteiger partial charge >= 0.3 is 0 Å². The molecule has 6 nitrogen and oxygen atoms in total. The van der Waals surface area contributed by atoms with Crippen LogP contribution in [0.2, 0.25) is 0 Å². The zero-order valence-corrected chi connectivity index (χ0v) is 13.2. The average Bonchev–Trinajstić information content (AvgIpc) is 2.87. The van der Waals surface area contributed by atoms with Crippen molar-refractivity contribution in [3.05, 3.63) is 11.8 Å². The Hall–Kier alpha value is -1.40. The summed E-state index contributed by atoms with van der Waals surface area (Å²) in [6, 6.07) is 2.10. The van der Waals surface area contributed by atoms with E-state index >= 15 is 0 Å². The second kappa shape index (κ2) is 6.58. The van der Waals surface area contributed by atoms with E-state index in [9.17, 15) is 4.79 Å². The van der Waals surface area contributed by atoms with Crippen LogP contribution in [0.3, 0.4) is 0 Å². The van der Waals surface area contributed by atoms with Gasteiger partial charge in [-0.3, -0.25) is 15.0 Å². The molecule has 1 unspecified atom stereocenters. The zero-order chi connectivity index (χ0) is 15.5. The molecule has 21 heavy (non-hydrogen) atoms. The number of anilines is 1. The third-order valence-electron chi connectivity index (χ3n) is 3.91. The minimum atomic E-state index is -0.0933. The number of aromatic nitrogens is 1. The summed E-state index contributed by atoms with van der Waals surface area (Å²) >= 11 is 0. The number of carbonyl (C=O) groups is 1. The lowest BCUT2D eigenvalue weighted by Crippen LogP contribution is -2.47. The fourth-order valence-electron chi connectivity index (χ4n) is 2.58. The molecule has 0 spiro atoms. The topological polar surface area (TPSA) is 84.4 Å². The summed E-state index contributed by atoms with van der Waals surface area (Å²) in [6.45, 7) is 8.04. The molecule has 3 N–H and O–H groups in total. The molecule has 0 saturated carbocycles. The highest BCUT2D eigenvalue weighted by Crippen LogP contribution is 2.23. The van der Waals surface area contributed by atoms with E-state index in [1.807, 2.05) is 0 Å². The number of amides is 1. The van der Waals surface area contributed by atoms with Gasteiger partial charge in [-0.2, -0.15) is 0 Å². The molecule has 0 aliphatic carbocycles. The normalized spacial score (nSPS) is 20.5. The van der Waals surface area contributed by atoms with E-state index in [4.69, 9.17) is 10.3 Å². The molecule has 118 valence electrons. The fraction of sp³-hybridized carbons (Fsp3) is 0.733. The van der Waals surface area contributed by atoms with E-state index in [-0.39, 0.29) is 11.3 Å². The van der Waals surface area contributed by atoms with E-state index in [0.29, 0.717) is 25.0 Å². The number of nitrogens with two attached hydrogens (primary N) is 1. The van der Waals surface area contributed by atoms with Crippen LogP contribution in [0, 0.1) is 0 Å². The van der Waals surface area contributed by atoms with Gasteiger partial charge in [0.25, 0.3) is 0 Å². The predicted molar refractivity (Wildman–Crippen MR) is 82.1 cm³/mol. The van der Waals surface area contributed by atoms with Crippen LogP contribution in [0.1, 0.15) is 45.7 Å². The van der Waals surface area contributed by atoms with Gasteiger partial charge in [0.1, 0.15) is 0 Å². The molecule has 2 heterocycles. The average molecular weight is 294 g/mol. The van der Waals surface area contributed by atoms with E-state index in [0.717, 1.165) is 25.1 Å². The molecule has 0 bridgehead atoms. The zero-order valence-electron chi connectivity index (χ0n) is 13.2. The maximum absolute atomic E-state index is 12.1. The van der Waals surface area contributed by atoms with Crippen LogP contribution in [0.4, 0.5) is 5.88 Å². The minimum absolute atomic E-state index is 0.0769. The number of piperidine rings is 1. The molecule has 1 aromatic heterocycles. The molecule has 2 rings (SSSR count). The summed E-state index contributed by atoms with van der Waals surface area (Å²) in [4.78, 5) is 14.3. The van der Waals surface area contributed by atoms with E-state index in [1.54, 1.807) is 6.07 Å². The maximum Gasteiger partial charge on any atom is 0.240 e. The summed E-state index contributed by atoms with van der Waals surface area (Å²) in [7, 11) is 0. The number of hydrogen-bond acceptors (Lipinski definition) is 5. The van der Waals surface area contributed by atoms with Gasteiger partial charge in [0.2, 0.25) is 11.8 Å². The molecule has 6 heteroatoms. The molecule has 1 aliphatic rings. The van der Waals surface area contributed by atoms with E-state index in [1.165, 1.54) is 6.42 Å². The van der Waals surface area contributed by atoms with Crippen LogP contribution in [-0.4, -0.2) is 41.6 Å². The smallest absolute Gasteiger partial charge is 0.240 e. The lowest BCUT2D eigenvalue weighted by Gasteiger charge is -2.34. The Morgan fingerprint density at radius 2 is 2.29 bits per heavy atom. The summed E-state index contributed by atoms with van der Waals surface area (Å²) in [6.07, 6.45) is 3.39. The van der Waals surface area contributed by atoms with Crippen molar-refractivity contribution < 1.29 is 9.32 Å². The Bertz CT molecular complexity index is 478. The van der Waals surface area contributed by atoms with E-state index in [2.05, 4.69) is 36.1 Å². The van der Waals surface area contributed by atoms with Crippen LogP contribution in [0.15, 0.2) is 10.6 Å². The van der Waals surface area contributed by atoms with Gasteiger partial charge in [-0.25, -0.2) is 0 Å². The highest BCUT2D eigenvalue weighted by molar-refractivity contribution is 5.91. The third kappa shape index (κ3) is 4.28. The number of nitrogens with one attached hydrogen (secondary N) is 1. The largest absolute Gasteiger partial charge is 0.338 e. The number of rotatable bonds is 4. The SMILES string of the molecule is CC(C)(C)c1cc(NC(=O)CN2CCCCC2CN)on1. The standard InChI is InChI=1S/C15H26N4O2/c1-15(2,3)12-8-14(21-18-12)17-13(20)10-19-7-5-4-6-11(19)9-16/h8,11H,4-7,9-10,16H2,1-3H3,(H,17,20). The van der Waals surface area contributed by atoms with Gasteiger partial charge < -0.3 is 10.3 Å². The monoisotopic (exact) mass is 294 g/mol. The van der Waals surface area contributed by atoms with Crippen LogP contribution in [-0.2, 0) is 10.2 Å². The molecule has 1 amide bonds.